The summed E-state index contributed by atoms with van der Waals surface area (Å²) in [6.45, 7) is 9.52. The molecule has 1 aliphatic carbocycles. The zero-order valence-electron chi connectivity index (χ0n) is 18.8. The first-order valence-electron chi connectivity index (χ1n) is 12.2. The number of hydrogen-bond acceptors (Lipinski definition) is 0. The van der Waals surface area contributed by atoms with Crippen molar-refractivity contribution in [1.29, 1.82) is 0 Å². The lowest BCUT2D eigenvalue weighted by atomic mass is 9.81. The largest absolute Gasteiger partial charge is 0.106 e. The van der Waals surface area contributed by atoms with Gasteiger partial charge in [-0.15, -0.1) is 15.8 Å². The highest BCUT2D eigenvalue weighted by molar-refractivity contribution is 7.58. The van der Waals surface area contributed by atoms with Gasteiger partial charge < -0.3 is 0 Å². The molecule has 0 saturated heterocycles. The molecular weight excluding hydrogens is 350 g/mol. The van der Waals surface area contributed by atoms with E-state index >= 15 is 0 Å². The molecule has 0 radical (unpaired) electrons. The smallest absolute Gasteiger partial charge is 0.0295 e. The first kappa shape index (κ1) is 24.9. The average molecular weight is 401 g/mol. The van der Waals surface area contributed by atoms with Crippen LogP contribution < -0.4 is 0 Å². The molecule has 0 N–H and O–H groups in total. The number of hydrogen-bond donors (Lipinski definition) is 0. The summed E-state index contributed by atoms with van der Waals surface area (Å²) in [5.74, 6) is 2.22. The lowest BCUT2D eigenvalue weighted by Crippen LogP contribution is -2.26. The van der Waals surface area contributed by atoms with Crippen LogP contribution in [-0.2, 0) is 0 Å². The quantitative estimate of drug-likeness (QED) is 0.227. The van der Waals surface area contributed by atoms with Gasteiger partial charge in [0.25, 0.3) is 0 Å². The summed E-state index contributed by atoms with van der Waals surface area (Å²) in [6.07, 6.45) is 27.4. The molecule has 0 nitrogen and oxygen atoms in total. The molecular formula is C24H50P2. The Balaban J connectivity index is 2.60. The molecule has 0 unspecified atom stereocenters. The summed E-state index contributed by atoms with van der Waals surface area (Å²) in [7, 11) is 0.677. The van der Waals surface area contributed by atoms with E-state index in [4.69, 9.17) is 0 Å². The second-order valence-electron chi connectivity index (χ2n) is 8.82. The molecule has 26 heavy (non-hydrogen) atoms. The van der Waals surface area contributed by atoms with Gasteiger partial charge in [0.15, 0.2) is 0 Å². The van der Waals surface area contributed by atoms with Crippen LogP contribution in [0.5, 0.6) is 0 Å². The fourth-order valence-corrected chi connectivity index (χ4v) is 11.1. The van der Waals surface area contributed by atoms with E-state index in [9.17, 15) is 0 Å². The van der Waals surface area contributed by atoms with Gasteiger partial charge in [-0.05, 0) is 87.3 Å². The third kappa shape index (κ3) is 11.0. The highest BCUT2D eigenvalue weighted by Gasteiger charge is 2.29. The molecule has 1 saturated carbocycles. The summed E-state index contributed by atoms with van der Waals surface area (Å²) in [6, 6.07) is 0. The normalized spacial score (nSPS) is 21.0. The zero-order chi connectivity index (χ0) is 19.0. The van der Waals surface area contributed by atoms with Gasteiger partial charge in [0.1, 0.15) is 0 Å². The molecule has 156 valence electrons. The summed E-state index contributed by atoms with van der Waals surface area (Å²) in [5.41, 5.74) is 0. The van der Waals surface area contributed by atoms with Crippen molar-refractivity contribution in [2.24, 2.45) is 11.8 Å². The highest BCUT2D eigenvalue weighted by Crippen LogP contribution is 2.49. The van der Waals surface area contributed by atoms with E-state index in [1.165, 1.54) is 64.2 Å². The van der Waals surface area contributed by atoms with Crippen molar-refractivity contribution >= 4 is 15.8 Å². The van der Waals surface area contributed by atoms with Crippen LogP contribution in [0.4, 0.5) is 0 Å². The lowest BCUT2D eigenvalue weighted by Gasteiger charge is -2.36. The van der Waals surface area contributed by atoms with Crippen molar-refractivity contribution in [3.8, 4) is 0 Å². The van der Waals surface area contributed by atoms with Crippen LogP contribution in [-0.4, -0.2) is 37.0 Å². The van der Waals surface area contributed by atoms with Crippen molar-refractivity contribution in [3.63, 3.8) is 0 Å². The van der Waals surface area contributed by atoms with Crippen molar-refractivity contribution < 1.29 is 0 Å². The van der Waals surface area contributed by atoms with Gasteiger partial charge in [0, 0.05) is 0 Å². The first-order valence-corrected chi connectivity index (χ1v) is 16.0. The van der Waals surface area contributed by atoms with E-state index in [0.29, 0.717) is 15.8 Å². The van der Waals surface area contributed by atoms with Gasteiger partial charge >= 0.3 is 0 Å². The van der Waals surface area contributed by atoms with E-state index in [1.54, 1.807) is 49.8 Å². The summed E-state index contributed by atoms with van der Waals surface area (Å²) >= 11 is 0. The summed E-state index contributed by atoms with van der Waals surface area (Å²) in [4.78, 5) is 0. The molecule has 0 aliphatic heterocycles. The Morgan fingerprint density at radius 1 is 0.538 bits per heavy atom. The maximum absolute atomic E-state index is 2.38. The Labute approximate surface area is 169 Å². The van der Waals surface area contributed by atoms with Crippen LogP contribution in [0.25, 0.3) is 0 Å². The standard InChI is InChI=1S/C24H50P2/c1-5-9-17-25(18-10-6-2)21-23-15-13-14-16-24(23)22-26(19-11-7-3)20-12-8-4/h23-24H,5-22H2,1-4H3/t23-,24+. The number of rotatable bonds is 16. The SMILES string of the molecule is CCCCP(CCCC)C[C@H]1CCCC[C@H]1CP(CCCC)CCCC. The summed E-state index contributed by atoms with van der Waals surface area (Å²) < 4.78 is 0. The minimum Gasteiger partial charge on any atom is -0.106 e. The molecule has 1 rings (SSSR count). The van der Waals surface area contributed by atoms with Crippen molar-refractivity contribution in [1.82, 2.24) is 0 Å². The van der Waals surface area contributed by atoms with Crippen LogP contribution in [0.1, 0.15) is 105 Å². The molecule has 0 aromatic carbocycles. The predicted molar refractivity (Wildman–Crippen MR) is 128 cm³/mol. The highest BCUT2D eigenvalue weighted by atomic mass is 31.1. The zero-order valence-corrected chi connectivity index (χ0v) is 20.6. The van der Waals surface area contributed by atoms with E-state index in [-0.39, 0.29) is 0 Å². The van der Waals surface area contributed by atoms with Gasteiger partial charge in [0.05, 0.1) is 0 Å². The van der Waals surface area contributed by atoms with E-state index in [0.717, 1.165) is 11.8 Å². The molecule has 0 bridgehead atoms. The molecule has 0 amide bonds. The lowest BCUT2D eigenvalue weighted by molar-refractivity contribution is 0.284. The van der Waals surface area contributed by atoms with Crippen molar-refractivity contribution in [2.45, 2.75) is 105 Å². The van der Waals surface area contributed by atoms with Crippen LogP contribution in [0.3, 0.4) is 0 Å². The van der Waals surface area contributed by atoms with Gasteiger partial charge in [-0.2, -0.15) is 0 Å². The Kier molecular flexibility index (Phi) is 16.1. The molecule has 0 spiro atoms. The Hall–Kier alpha value is 0.860. The maximum atomic E-state index is 2.38. The van der Waals surface area contributed by atoms with E-state index < -0.39 is 0 Å². The van der Waals surface area contributed by atoms with Crippen molar-refractivity contribution in [3.05, 3.63) is 0 Å². The first-order chi connectivity index (χ1) is 12.7. The monoisotopic (exact) mass is 400 g/mol. The van der Waals surface area contributed by atoms with Crippen LogP contribution in [0.2, 0.25) is 0 Å². The van der Waals surface area contributed by atoms with Crippen LogP contribution in [0, 0.1) is 11.8 Å². The van der Waals surface area contributed by atoms with Gasteiger partial charge in [-0.25, -0.2) is 0 Å². The van der Waals surface area contributed by atoms with Gasteiger partial charge in [-0.1, -0.05) is 66.2 Å². The minimum atomic E-state index is 0.338. The summed E-state index contributed by atoms with van der Waals surface area (Å²) in [5, 5.41) is 0. The fourth-order valence-electron chi connectivity index (χ4n) is 4.54. The van der Waals surface area contributed by atoms with Crippen LogP contribution in [0.15, 0.2) is 0 Å². The average Bonchev–Trinajstić information content (AvgIpc) is 2.67. The topological polar surface area (TPSA) is 0 Å². The molecule has 2 heteroatoms. The molecule has 2 atom stereocenters. The molecule has 0 heterocycles. The molecule has 1 aliphatic rings. The van der Waals surface area contributed by atoms with Crippen LogP contribution >= 0.6 is 15.8 Å². The Bertz CT molecular complexity index is 259. The Morgan fingerprint density at radius 2 is 0.846 bits per heavy atom. The third-order valence-electron chi connectivity index (χ3n) is 6.36. The molecule has 1 fully saturated rings. The second-order valence-corrected chi connectivity index (χ2v) is 14.0. The minimum absolute atomic E-state index is 0.338. The fraction of sp³-hybridized carbons (Fsp3) is 1.00. The van der Waals surface area contributed by atoms with Crippen molar-refractivity contribution in [2.75, 3.05) is 37.0 Å². The van der Waals surface area contributed by atoms with E-state index in [1.807, 2.05) is 0 Å². The number of unbranched alkanes of at least 4 members (excludes halogenated alkanes) is 4. The molecule has 0 aromatic rings. The molecule has 0 aromatic heterocycles. The second kappa shape index (κ2) is 16.8. The Morgan fingerprint density at radius 3 is 1.12 bits per heavy atom. The third-order valence-corrected chi connectivity index (χ3v) is 12.1. The van der Waals surface area contributed by atoms with Gasteiger partial charge in [-0.3, -0.25) is 0 Å². The van der Waals surface area contributed by atoms with Gasteiger partial charge in [0.2, 0.25) is 0 Å². The predicted octanol–water partition coefficient (Wildman–Crippen LogP) is 8.96. The van der Waals surface area contributed by atoms with E-state index in [2.05, 4.69) is 27.7 Å². The maximum Gasteiger partial charge on any atom is -0.0295 e.